The van der Waals surface area contributed by atoms with Gasteiger partial charge in [-0.2, -0.15) is 4.31 Å². The molecule has 1 aromatic rings. The standard InChI is InChI=1S/C18H28N2O3S2/c1-3-4-13-24-15(2)18(21)19-16-9-8-10-17(14-16)25(22,23)20-11-6-5-7-12-20/h8-10,14-15H,3-7,11-13H2,1-2H3,(H,19,21). The van der Waals surface area contributed by atoms with Crippen molar-refractivity contribution in [3.05, 3.63) is 24.3 Å². The Morgan fingerprint density at radius 3 is 2.68 bits per heavy atom. The van der Waals surface area contributed by atoms with Crippen LogP contribution in [0.3, 0.4) is 0 Å². The van der Waals surface area contributed by atoms with E-state index in [-0.39, 0.29) is 16.1 Å². The van der Waals surface area contributed by atoms with Crippen LogP contribution in [0.4, 0.5) is 5.69 Å². The minimum absolute atomic E-state index is 0.0892. The van der Waals surface area contributed by atoms with Crippen LogP contribution in [0, 0.1) is 0 Å². The summed E-state index contributed by atoms with van der Waals surface area (Å²) in [5.74, 6) is 0.864. The lowest BCUT2D eigenvalue weighted by atomic mass is 10.2. The number of rotatable bonds is 8. The first kappa shape index (κ1) is 20.3. The second kappa shape index (κ2) is 9.59. The lowest BCUT2D eigenvalue weighted by molar-refractivity contribution is -0.115. The van der Waals surface area contributed by atoms with Gasteiger partial charge in [-0.1, -0.05) is 25.8 Å². The van der Waals surface area contributed by atoms with E-state index >= 15 is 0 Å². The highest BCUT2D eigenvalue weighted by atomic mass is 32.2. The molecular weight excluding hydrogens is 356 g/mol. The van der Waals surface area contributed by atoms with E-state index in [4.69, 9.17) is 0 Å². The molecule has 5 nitrogen and oxygen atoms in total. The number of thioether (sulfide) groups is 1. The molecule has 1 heterocycles. The molecule has 1 fully saturated rings. The summed E-state index contributed by atoms with van der Waals surface area (Å²) >= 11 is 1.62. The van der Waals surface area contributed by atoms with E-state index in [1.54, 1.807) is 40.3 Å². The highest BCUT2D eigenvalue weighted by Gasteiger charge is 2.26. The number of amides is 1. The van der Waals surface area contributed by atoms with Crippen molar-refractivity contribution in [1.82, 2.24) is 4.31 Å². The molecule has 25 heavy (non-hydrogen) atoms. The van der Waals surface area contributed by atoms with E-state index in [9.17, 15) is 13.2 Å². The van der Waals surface area contributed by atoms with E-state index in [0.29, 0.717) is 18.8 Å². The monoisotopic (exact) mass is 384 g/mol. The summed E-state index contributed by atoms with van der Waals surface area (Å²) in [6.07, 6.45) is 5.09. The Bertz CT molecular complexity index is 671. The van der Waals surface area contributed by atoms with Crippen molar-refractivity contribution in [3.8, 4) is 0 Å². The molecule has 0 bridgehead atoms. The Morgan fingerprint density at radius 1 is 1.28 bits per heavy atom. The molecule has 7 heteroatoms. The number of piperidine rings is 1. The van der Waals surface area contributed by atoms with Crippen molar-refractivity contribution in [1.29, 1.82) is 0 Å². The number of benzene rings is 1. The van der Waals surface area contributed by atoms with Gasteiger partial charge in [0.15, 0.2) is 0 Å². The first-order valence-electron chi connectivity index (χ1n) is 8.98. The number of carbonyl (C=O) groups is 1. The fourth-order valence-corrected chi connectivity index (χ4v) is 5.30. The smallest absolute Gasteiger partial charge is 0.243 e. The van der Waals surface area contributed by atoms with Gasteiger partial charge in [-0.05, 0) is 50.1 Å². The Balaban J connectivity index is 2.04. The van der Waals surface area contributed by atoms with Crippen LogP contribution in [0.1, 0.15) is 46.0 Å². The van der Waals surface area contributed by atoms with Gasteiger partial charge in [0.2, 0.25) is 15.9 Å². The number of hydrogen-bond acceptors (Lipinski definition) is 4. The summed E-state index contributed by atoms with van der Waals surface area (Å²) in [5.41, 5.74) is 0.533. The molecule has 0 radical (unpaired) electrons. The zero-order valence-electron chi connectivity index (χ0n) is 15.0. The second-order valence-corrected chi connectivity index (χ2v) is 9.74. The number of nitrogens with zero attached hydrogens (tertiary/aromatic N) is 1. The fourth-order valence-electron chi connectivity index (χ4n) is 2.71. The summed E-state index contributed by atoms with van der Waals surface area (Å²) in [7, 11) is -3.48. The summed E-state index contributed by atoms with van der Waals surface area (Å²) < 4.78 is 27.0. The molecule has 0 saturated carbocycles. The highest BCUT2D eigenvalue weighted by molar-refractivity contribution is 8.00. The van der Waals surface area contributed by atoms with Crippen LogP contribution in [-0.2, 0) is 14.8 Å². The molecule has 0 spiro atoms. The molecule has 140 valence electrons. The minimum atomic E-state index is -3.48. The third kappa shape index (κ3) is 5.72. The van der Waals surface area contributed by atoms with Crippen molar-refractivity contribution >= 4 is 33.4 Å². The van der Waals surface area contributed by atoms with E-state index in [2.05, 4.69) is 12.2 Å². The largest absolute Gasteiger partial charge is 0.325 e. The maximum absolute atomic E-state index is 12.7. The zero-order valence-corrected chi connectivity index (χ0v) is 16.7. The average Bonchev–Trinajstić information content (AvgIpc) is 2.62. The molecule has 0 aliphatic carbocycles. The summed E-state index contributed by atoms with van der Waals surface area (Å²) in [6, 6.07) is 6.57. The SMILES string of the molecule is CCCCSC(C)C(=O)Nc1cccc(S(=O)(=O)N2CCCCC2)c1. The van der Waals surface area contributed by atoms with Gasteiger partial charge in [0.25, 0.3) is 0 Å². The molecular formula is C18H28N2O3S2. The van der Waals surface area contributed by atoms with Gasteiger partial charge in [-0.15, -0.1) is 11.8 Å². The maximum atomic E-state index is 12.7. The van der Waals surface area contributed by atoms with Crippen LogP contribution in [0.5, 0.6) is 0 Å². The Labute approximate surface area is 155 Å². The third-order valence-corrected chi connectivity index (χ3v) is 7.42. The molecule has 2 rings (SSSR count). The van der Waals surface area contributed by atoms with Gasteiger partial charge < -0.3 is 5.32 Å². The molecule has 1 atom stereocenters. The van der Waals surface area contributed by atoms with Crippen LogP contribution >= 0.6 is 11.8 Å². The lowest BCUT2D eigenvalue weighted by Gasteiger charge is -2.26. The Hall–Kier alpha value is -1.05. The van der Waals surface area contributed by atoms with Crippen molar-refractivity contribution in [2.75, 3.05) is 24.2 Å². The predicted molar refractivity (Wildman–Crippen MR) is 105 cm³/mol. The van der Waals surface area contributed by atoms with Gasteiger partial charge in [0, 0.05) is 18.8 Å². The van der Waals surface area contributed by atoms with E-state index < -0.39 is 10.0 Å². The van der Waals surface area contributed by atoms with E-state index in [1.807, 2.05) is 6.92 Å². The number of carbonyl (C=O) groups excluding carboxylic acids is 1. The summed E-state index contributed by atoms with van der Waals surface area (Å²) in [6.45, 7) is 5.15. The molecule has 1 saturated heterocycles. The normalized spacial score (nSPS) is 17.2. The highest BCUT2D eigenvalue weighted by Crippen LogP contribution is 2.23. The van der Waals surface area contributed by atoms with Crippen molar-refractivity contribution in [3.63, 3.8) is 0 Å². The fraction of sp³-hybridized carbons (Fsp3) is 0.611. The predicted octanol–water partition coefficient (Wildman–Crippen LogP) is 3.72. The van der Waals surface area contributed by atoms with E-state index in [1.165, 1.54) is 0 Å². The number of nitrogens with one attached hydrogen (secondary N) is 1. The van der Waals surface area contributed by atoms with Crippen molar-refractivity contribution in [2.24, 2.45) is 0 Å². The van der Waals surface area contributed by atoms with Gasteiger partial charge in [-0.3, -0.25) is 4.79 Å². The Kier molecular flexibility index (Phi) is 7.78. The average molecular weight is 385 g/mol. The minimum Gasteiger partial charge on any atom is -0.325 e. The van der Waals surface area contributed by atoms with Crippen LogP contribution in [-0.4, -0.2) is 42.7 Å². The van der Waals surface area contributed by atoms with Gasteiger partial charge >= 0.3 is 0 Å². The number of anilines is 1. The van der Waals surface area contributed by atoms with Gasteiger partial charge in [0.05, 0.1) is 10.1 Å². The van der Waals surface area contributed by atoms with Crippen molar-refractivity contribution in [2.45, 2.75) is 56.1 Å². The first-order chi connectivity index (χ1) is 11.9. The third-order valence-electron chi connectivity index (χ3n) is 4.29. The van der Waals surface area contributed by atoms with E-state index in [0.717, 1.165) is 37.9 Å². The topological polar surface area (TPSA) is 66.5 Å². The molecule has 1 aromatic carbocycles. The van der Waals surface area contributed by atoms with Gasteiger partial charge in [0.1, 0.15) is 0 Å². The number of sulfonamides is 1. The number of unbranched alkanes of at least 4 members (excludes halogenated alkanes) is 1. The molecule has 1 amide bonds. The zero-order chi connectivity index (χ0) is 18.3. The Morgan fingerprint density at radius 2 is 2.00 bits per heavy atom. The van der Waals surface area contributed by atoms with Crippen LogP contribution in [0.25, 0.3) is 0 Å². The molecule has 1 N–H and O–H groups in total. The van der Waals surface area contributed by atoms with Crippen molar-refractivity contribution < 1.29 is 13.2 Å². The number of hydrogen-bond donors (Lipinski definition) is 1. The molecule has 1 aliphatic rings. The maximum Gasteiger partial charge on any atom is 0.243 e. The molecule has 1 aliphatic heterocycles. The van der Waals surface area contributed by atoms with Gasteiger partial charge in [-0.25, -0.2) is 8.42 Å². The molecule has 0 aromatic heterocycles. The van der Waals surface area contributed by atoms with Crippen LogP contribution < -0.4 is 5.32 Å². The second-order valence-electron chi connectivity index (χ2n) is 6.35. The summed E-state index contributed by atoms with van der Waals surface area (Å²) in [5, 5.41) is 2.68. The lowest BCUT2D eigenvalue weighted by Crippen LogP contribution is -2.35. The molecule has 1 unspecified atom stereocenters. The quantitative estimate of drug-likeness (QED) is 0.694. The van der Waals surface area contributed by atoms with Crippen LogP contribution in [0.15, 0.2) is 29.2 Å². The summed E-state index contributed by atoms with van der Waals surface area (Å²) in [4.78, 5) is 12.5. The van der Waals surface area contributed by atoms with Crippen LogP contribution in [0.2, 0.25) is 0 Å². The first-order valence-corrected chi connectivity index (χ1v) is 11.5.